The number of ketones is 1. The third-order valence-electron chi connectivity index (χ3n) is 4.69. The molecule has 1 aromatic heterocycles. The third-order valence-corrected chi connectivity index (χ3v) is 5.59. The first-order valence-corrected chi connectivity index (χ1v) is 9.63. The zero-order chi connectivity index (χ0) is 19.3. The average Bonchev–Trinajstić information content (AvgIpc) is 3.36. The minimum Gasteiger partial charge on any atom is -0.497 e. The summed E-state index contributed by atoms with van der Waals surface area (Å²) in [7, 11) is 1.57. The van der Waals surface area contributed by atoms with Crippen molar-refractivity contribution in [1.82, 2.24) is 5.32 Å². The van der Waals surface area contributed by atoms with Crippen LogP contribution < -0.4 is 14.8 Å². The molecule has 6 heteroatoms. The Morgan fingerprint density at radius 3 is 2.56 bits per heavy atom. The van der Waals surface area contributed by atoms with Gasteiger partial charge in [0.15, 0.2) is 12.4 Å². The van der Waals surface area contributed by atoms with Crippen molar-refractivity contribution in [1.29, 1.82) is 0 Å². The fourth-order valence-electron chi connectivity index (χ4n) is 3.14. The summed E-state index contributed by atoms with van der Waals surface area (Å²) in [5, 5.41) is 4.74. The second kappa shape index (κ2) is 8.28. The summed E-state index contributed by atoms with van der Waals surface area (Å²) in [6.45, 7) is -0.149. The lowest BCUT2D eigenvalue weighted by Gasteiger charge is -2.24. The summed E-state index contributed by atoms with van der Waals surface area (Å²) in [4.78, 5) is 25.4. The van der Waals surface area contributed by atoms with Crippen molar-refractivity contribution in [2.75, 3.05) is 13.7 Å². The maximum atomic E-state index is 12.7. The number of methoxy groups -OCH3 is 1. The van der Waals surface area contributed by atoms with Gasteiger partial charge in [-0.05, 0) is 61.4 Å². The zero-order valence-electron chi connectivity index (χ0n) is 15.1. The number of carbonyl (C=O) groups excluding carboxylic acids is 2. The molecule has 1 aliphatic rings. The smallest absolute Gasteiger partial charge is 0.266 e. The molecule has 5 nitrogen and oxygen atoms in total. The highest BCUT2D eigenvalue weighted by Crippen LogP contribution is 2.31. The highest BCUT2D eigenvalue weighted by Gasteiger charge is 2.34. The van der Waals surface area contributed by atoms with Crippen LogP contribution in [0.4, 0.5) is 0 Å². The van der Waals surface area contributed by atoms with E-state index in [1.165, 1.54) is 11.3 Å². The van der Waals surface area contributed by atoms with Crippen LogP contribution >= 0.6 is 11.3 Å². The van der Waals surface area contributed by atoms with Gasteiger partial charge < -0.3 is 14.8 Å². The van der Waals surface area contributed by atoms with Gasteiger partial charge >= 0.3 is 0 Å². The van der Waals surface area contributed by atoms with Crippen LogP contribution in [0.5, 0.6) is 11.5 Å². The molecule has 0 bridgehead atoms. The van der Waals surface area contributed by atoms with Gasteiger partial charge in [-0.15, -0.1) is 17.8 Å². The zero-order valence-corrected chi connectivity index (χ0v) is 15.9. The molecule has 1 aromatic carbocycles. The predicted molar refractivity (Wildman–Crippen MR) is 105 cm³/mol. The number of amides is 1. The van der Waals surface area contributed by atoms with Crippen LogP contribution in [0, 0.1) is 12.3 Å². The van der Waals surface area contributed by atoms with Crippen LogP contribution in [0.3, 0.4) is 0 Å². The maximum absolute atomic E-state index is 12.7. The standard InChI is InChI=1S/C21H21NO4S/c1-3-21(11-4-5-12-21)22-20(24)19-18(10-13-27-19)26-14-17(23)15-6-8-16(25-2)9-7-15/h1,6-10,13H,4-5,11-12,14H2,2H3,(H,22,24). The molecule has 0 radical (unpaired) electrons. The number of benzene rings is 1. The van der Waals surface area contributed by atoms with E-state index in [2.05, 4.69) is 11.2 Å². The van der Waals surface area contributed by atoms with Gasteiger partial charge in [0.2, 0.25) is 0 Å². The Kier molecular flexibility index (Phi) is 5.82. The number of carbonyl (C=O) groups is 2. The number of thiophene rings is 1. The Morgan fingerprint density at radius 2 is 1.93 bits per heavy atom. The number of Topliss-reactive ketones (excluding diaryl/α,β-unsaturated/α-hetero) is 1. The second-order valence-electron chi connectivity index (χ2n) is 6.44. The molecular weight excluding hydrogens is 362 g/mol. The lowest BCUT2D eigenvalue weighted by Crippen LogP contribution is -2.44. The molecule has 1 amide bonds. The van der Waals surface area contributed by atoms with E-state index in [4.69, 9.17) is 15.9 Å². The van der Waals surface area contributed by atoms with E-state index in [-0.39, 0.29) is 18.3 Å². The minimum atomic E-state index is -0.572. The first kappa shape index (κ1) is 19.0. The van der Waals surface area contributed by atoms with Crippen LogP contribution in [0.25, 0.3) is 0 Å². The molecular formula is C21H21NO4S. The Balaban J connectivity index is 1.63. The second-order valence-corrected chi connectivity index (χ2v) is 7.36. The Morgan fingerprint density at radius 1 is 1.22 bits per heavy atom. The molecule has 2 aromatic rings. The van der Waals surface area contributed by atoms with E-state index in [0.29, 0.717) is 21.9 Å². The molecule has 0 aliphatic heterocycles. The van der Waals surface area contributed by atoms with Gasteiger partial charge in [-0.1, -0.05) is 5.92 Å². The lowest BCUT2D eigenvalue weighted by atomic mass is 9.99. The van der Waals surface area contributed by atoms with Crippen molar-refractivity contribution in [2.24, 2.45) is 0 Å². The fraction of sp³-hybridized carbons (Fsp3) is 0.333. The fourth-order valence-corrected chi connectivity index (χ4v) is 3.87. The summed E-state index contributed by atoms with van der Waals surface area (Å²) in [5.74, 6) is 3.38. The molecule has 3 rings (SSSR count). The highest BCUT2D eigenvalue weighted by atomic mass is 32.1. The number of ether oxygens (including phenoxy) is 2. The molecule has 1 fully saturated rings. The molecule has 27 heavy (non-hydrogen) atoms. The summed E-state index contributed by atoms with van der Waals surface area (Å²) >= 11 is 1.27. The van der Waals surface area contributed by atoms with Crippen molar-refractivity contribution in [2.45, 2.75) is 31.2 Å². The van der Waals surface area contributed by atoms with Gasteiger partial charge in [0.25, 0.3) is 5.91 Å². The third kappa shape index (κ3) is 4.32. The van der Waals surface area contributed by atoms with Crippen molar-refractivity contribution >= 4 is 23.0 Å². The molecule has 1 heterocycles. The van der Waals surface area contributed by atoms with E-state index >= 15 is 0 Å². The van der Waals surface area contributed by atoms with Crippen LogP contribution in [-0.2, 0) is 0 Å². The topological polar surface area (TPSA) is 64.6 Å². The van der Waals surface area contributed by atoms with Crippen LogP contribution in [-0.4, -0.2) is 30.9 Å². The number of hydrogen-bond donors (Lipinski definition) is 1. The molecule has 1 saturated carbocycles. The quantitative estimate of drug-likeness (QED) is 0.585. The van der Waals surface area contributed by atoms with Crippen molar-refractivity contribution in [3.05, 3.63) is 46.2 Å². The SMILES string of the molecule is C#CC1(NC(=O)c2sccc2OCC(=O)c2ccc(OC)cc2)CCCC1. The molecule has 0 atom stereocenters. The van der Waals surface area contributed by atoms with E-state index in [1.807, 2.05) is 0 Å². The van der Waals surface area contributed by atoms with Gasteiger partial charge in [0.1, 0.15) is 21.9 Å². The Hall–Kier alpha value is -2.78. The summed E-state index contributed by atoms with van der Waals surface area (Å²) in [5.41, 5.74) is -0.0497. The van der Waals surface area contributed by atoms with Crippen molar-refractivity contribution in [3.8, 4) is 23.8 Å². The highest BCUT2D eigenvalue weighted by molar-refractivity contribution is 7.12. The number of nitrogens with one attached hydrogen (secondary N) is 1. The van der Waals surface area contributed by atoms with E-state index in [0.717, 1.165) is 25.7 Å². The van der Waals surface area contributed by atoms with Crippen LogP contribution in [0.1, 0.15) is 45.7 Å². The predicted octanol–water partition coefficient (Wildman–Crippen LogP) is 3.69. The largest absolute Gasteiger partial charge is 0.497 e. The van der Waals surface area contributed by atoms with E-state index in [9.17, 15) is 9.59 Å². The number of hydrogen-bond acceptors (Lipinski definition) is 5. The van der Waals surface area contributed by atoms with E-state index in [1.54, 1.807) is 42.8 Å². The summed E-state index contributed by atoms with van der Waals surface area (Å²) < 4.78 is 10.7. The first-order valence-electron chi connectivity index (χ1n) is 8.75. The molecule has 1 aliphatic carbocycles. The molecule has 1 N–H and O–H groups in total. The van der Waals surface area contributed by atoms with Gasteiger partial charge in [-0.3, -0.25) is 9.59 Å². The van der Waals surface area contributed by atoms with Gasteiger partial charge in [-0.2, -0.15) is 0 Å². The van der Waals surface area contributed by atoms with Crippen molar-refractivity contribution in [3.63, 3.8) is 0 Å². The summed E-state index contributed by atoms with van der Waals surface area (Å²) in [6.07, 6.45) is 9.23. The van der Waals surface area contributed by atoms with Crippen LogP contribution in [0.15, 0.2) is 35.7 Å². The lowest BCUT2D eigenvalue weighted by molar-refractivity contribution is 0.0894. The normalized spacial score (nSPS) is 15.0. The first-order chi connectivity index (χ1) is 13.1. The van der Waals surface area contributed by atoms with E-state index < -0.39 is 5.54 Å². The molecule has 0 unspecified atom stereocenters. The van der Waals surface area contributed by atoms with Crippen molar-refractivity contribution < 1.29 is 19.1 Å². The molecule has 0 saturated heterocycles. The average molecular weight is 383 g/mol. The monoisotopic (exact) mass is 383 g/mol. The van der Waals surface area contributed by atoms with Gasteiger partial charge in [0.05, 0.1) is 7.11 Å². The maximum Gasteiger partial charge on any atom is 0.266 e. The summed E-state index contributed by atoms with van der Waals surface area (Å²) in [6, 6.07) is 8.50. The number of rotatable bonds is 7. The Labute approximate surface area is 162 Å². The van der Waals surface area contributed by atoms with Gasteiger partial charge in [0, 0.05) is 5.56 Å². The Bertz CT molecular complexity index is 857. The molecule has 0 spiro atoms. The number of terminal acetylenes is 1. The molecule has 140 valence electrons. The van der Waals surface area contributed by atoms with Crippen LogP contribution in [0.2, 0.25) is 0 Å². The van der Waals surface area contributed by atoms with Gasteiger partial charge in [-0.25, -0.2) is 0 Å². The minimum absolute atomic E-state index is 0.149.